The quantitative estimate of drug-likeness (QED) is 0.541. The molecule has 0 aliphatic carbocycles. The number of nitrogens with zero attached hydrogens (tertiary/aromatic N) is 1. The Hall–Kier alpha value is -1.25. The van der Waals surface area contributed by atoms with E-state index in [1.807, 2.05) is 31.7 Å². The lowest BCUT2D eigenvalue weighted by atomic mass is 10.0. The number of hydrogen-bond acceptors (Lipinski definition) is 2. The van der Waals surface area contributed by atoms with Crippen molar-refractivity contribution in [1.82, 2.24) is 4.90 Å². The first-order valence-electron chi connectivity index (χ1n) is 5.71. The summed E-state index contributed by atoms with van der Waals surface area (Å²) in [5.74, 6) is 0.847. The molecule has 1 aliphatic rings. The number of carbonyl (C=O) groups is 1. The smallest absolute Gasteiger partial charge is 0.250 e. The van der Waals surface area contributed by atoms with Crippen LogP contribution < -0.4 is 0 Å². The summed E-state index contributed by atoms with van der Waals surface area (Å²) < 4.78 is 5.50. The molecule has 1 rings (SSSR count). The number of carbonyl (C=O) groups excluding carboxylic acids is 1. The normalized spacial score (nSPS) is 17.1. The molecule has 3 heteroatoms. The summed E-state index contributed by atoms with van der Waals surface area (Å²) in [5, 5.41) is 0. The average molecular weight is 223 g/mol. The van der Waals surface area contributed by atoms with Gasteiger partial charge in [-0.25, -0.2) is 0 Å². The highest BCUT2D eigenvalue weighted by atomic mass is 16.5. The third-order valence-corrected chi connectivity index (χ3v) is 2.55. The van der Waals surface area contributed by atoms with Gasteiger partial charge in [-0.15, -0.1) is 6.58 Å². The highest BCUT2D eigenvalue weighted by molar-refractivity contribution is 5.89. The molecular weight excluding hydrogens is 202 g/mol. The summed E-state index contributed by atoms with van der Waals surface area (Å²) in [5.41, 5.74) is -0.111. The molecule has 3 nitrogen and oxygen atoms in total. The molecule has 0 aromatic rings. The predicted molar refractivity (Wildman–Crippen MR) is 64.9 cm³/mol. The van der Waals surface area contributed by atoms with Crippen LogP contribution in [0.5, 0.6) is 0 Å². The molecule has 0 aromatic heterocycles. The van der Waals surface area contributed by atoms with Gasteiger partial charge in [0.05, 0.1) is 6.61 Å². The zero-order chi connectivity index (χ0) is 12.2. The highest BCUT2D eigenvalue weighted by Gasteiger charge is 2.28. The van der Waals surface area contributed by atoms with Crippen molar-refractivity contribution < 1.29 is 9.53 Å². The van der Waals surface area contributed by atoms with Gasteiger partial charge in [0.15, 0.2) is 0 Å². The maximum Gasteiger partial charge on any atom is 0.250 e. The van der Waals surface area contributed by atoms with Crippen LogP contribution in [-0.4, -0.2) is 29.5 Å². The van der Waals surface area contributed by atoms with Crippen molar-refractivity contribution in [3.05, 3.63) is 24.5 Å². The van der Waals surface area contributed by atoms with E-state index in [0.29, 0.717) is 6.61 Å². The van der Waals surface area contributed by atoms with Crippen LogP contribution in [0.1, 0.15) is 33.6 Å². The number of rotatable bonds is 4. The Morgan fingerprint density at radius 2 is 2.25 bits per heavy atom. The molecule has 1 aliphatic heterocycles. The topological polar surface area (TPSA) is 29.5 Å². The van der Waals surface area contributed by atoms with Gasteiger partial charge in [-0.05, 0) is 27.2 Å². The molecule has 0 fully saturated rings. The standard InChI is InChI=1S/C13H21NO2/c1-5-6-9-16-11-7-8-14(12(15)10-11)13(2,3)4/h5,10H,1,6-9H2,2-4H3. The van der Waals surface area contributed by atoms with Crippen molar-refractivity contribution in [2.45, 2.75) is 39.2 Å². The molecule has 0 spiro atoms. The van der Waals surface area contributed by atoms with Gasteiger partial charge in [-0.3, -0.25) is 4.79 Å². The van der Waals surface area contributed by atoms with Crippen LogP contribution in [0.15, 0.2) is 24.5 Å². The Bertz CT molecular complexity index is 300. The minimum Gasteiger partial charge on any atom is -0.497 e. The summed E-state index contributed by atoms with van der Waals surface area (Å²) in [6.07, 6.45) is 5.04. The predicted octanol–water partition coefficient (Wildman–Crippen LogP) is 2.49. The first kappa shape index (κ1) is 12.8. The Kier molecular flexibility index (Phi) is 4.16. The molecule has 0 N–H and O–H groups in total. The summed E-state index contributed by atoms with van der Waals surface area (Å²) >= 11 is 0. The minimum atomic E-state index is -0.111. The number of ether oxygens (including phenoxy) is 1. The molecule has 0 bridgehead atoms. The molecule has 1 amide bonds. The molecule has 1 heterocycles. The summed E-state index contributed by atoms with van der Waals surface area (Å²) in [4.78, 5) is 13.7. The lowest BCUT2D eigenvalue weighted by molar-refractivity contribution is -0.131. The van der Waals surface area contributed by atoms with E-state index in [2.05, 4.69) is 6.58 Å². The molecule has 0 saturated heterocycles. The summed E-state index contributed by atoms with van der Waals surface area (Å²) in [7, 11) is 0. The van der Waals surface area contributed by atoms with Crippen LogP contribution in [0.2, 0.25) is 0 Å². The Balaban J connectivity index is 2.55. The maximum atomic E-state index is 11.8. The Morgan fingerprint density at radius 1 is 1.56 bits per heavy atom. The SMILES string of the molecule is C=CCCOC1=CC(=O)N(C(C)(C)C)CC1. The van der Waals surface area contributed by atoms with Gasteiger partial charge >= 0.3 is 0 Å². The van der Waals surface area contributed by atoms with E-state index in [1.165, 1.54) is 0 Å². The molecule has 0 unspecified atom stereocenters. The monoisotopic (exact) mass is 223 g/mol. The first-order chi connectivity index (χ1) is 7.45. The zero-order valence-corrected chi connectivity index (χ0v) is 10.5. The molecule has 0 atom stereocenters. The van der Waals surface area contributed by atoms with E-state index in [0.717, 1.165) is 25.1 Å². The largest absolute Gasteiger partial charge is 0.497 e. The van der Waals surface area contributed by atoms with Gasteiger partial charge in [0.1, 0.15) is 5.76 Å². The van der Waals surface area contributed by atoms with Crippen LogP contribution in [0.25, 0.3) is 0 Å². The second-order valence-electron chi connectivity index (χ2n) is 4.95. The lowest BCUT2D eigenvalue weighted by Crippen LogP contribution is -2.47. The molecule has 0 radical (unpaired) electrons. The fourth-order valence-electron chi connectivity index (χ4n) is 1.67. The van der Waals surface area contributed by atoms with Crippen molar-refractivity contribution in [3.63, 3.8) is 0 Å². The second-order valence-corrected chi connectivity index (χ2v) is 4.95. The fraction of sp³-hybridized carbons (Fsp3) is 0.615. The number of hydrogen-bond donors (Lipinski definition) is 0. The van der Waals surface area contributed by atoms with Crippen LogP contribution in [0.4, 0.5) is 0 Å². The van der Waals surface area contributed by atoms with E-state index in [1.54, 1.807) is 6.08 Å². The fourth-order valence-corrected chi connectivity index (χ4v) is 1.67. The van der Waals surface area contributed by atoms with E-state index in [-0.39, 0.29) is 11.4 Å². The van der Waals surface area contributed by atoms with Gasteiger partial charge < -0.3 is 9.64 Å². The van der Waals surface area contributed by atoms with Crippen molar-refractivity contribution in [1.29, 1.82) is 0 Å². The average Bonchev–Trinajstić information content (AvgIpc) is 2.16. The molecule has 16 heavy (non-hydrogen) atoms. The molecule has 0 saturated carbocycles. The van der Waals surface area contributed by atoms with Crippen LogP contribution in [0, 0.1) is 0 Å². The van der Waals surface area contributed by atoms with Crippen molar-refractivity contribution in [2.24, 2.45) is 0 Å². The summed E-state index contributed by atoms with van der Waals surface area (Å²) in [6, 6.07) is 0. The van der Waals surface area contributed by atoms with Crippen molar-refractivity contribution >= 4 is 5.91 Å². The summed E-state index contributed by atoms with van der Waals surface area (Å²) in [6.45, 7) is 11.1. The maximum absolute atomic E-state index is 11.8. The van der Waals surface area contributed by atoms with Gasteiger partial charge in [0.25, 0.3) is 0 Å². The van der Waals surface area contributed by atoms with E-state index in [9.17, 15) is 4.79 Å². The molecule has 0 aromatic carbocycles. The van der Waals surface area contributed by atoms with Crippen LogP contribution in [0.3, 0.4) is 0 Å². The Labute approximate surface area is 97.8 Å². The third kappa shape index (κ3) is 3.40. The van der Waals surface area contributed by atoms with Crippen molar-refractivity contribution in [3.8, 4) is 0 Å². The third-order valence-electron chi connectivity index (χ3n) is 2.55. The number of amides is 1. The van der Waals surface area contributed by atoms with Crippen LogP contribution >= 0.6 is 0 Å². The highest BCUT2D eigenvalue weighted by Crippen LogP contribution is 2.21. The van der Waals surface area contributed by atoms with Gasteiger partial charge in [0, 0.05) is 24.6 Å². The zero-order valence-electron chi connectivity index (χ0n) is 10.5. The van der Waals surface area contributed by atoms with Gasteiger partial charge in [-0.2, -0.15) is 0 Å². The van der Waals surface area contributed by atoms with Crippen LogP contribution in [-0.2, 0) is 9.53 Å². The van der Waals surface area contributed by atoms with E-state index < -0.39 is 0 Å². The minimum absolute atomic E-state index is 0.0485. The van der Waals surface area contributed by atoms with Gasteiger partial charge in [0.2, 0.25) is 5.91 Å². The van der Waals surface area contributed by atoms with Gasteiger partial charge in [-0.1, -0.05) is 6.08 Å². The van der Waals surface area contributed by atoms with E-state index >= 15 is 0 Å². The second kappa shape index (κ2) is 5.19. The van der Waals surface area contributed by atoms with E-state index in [4.69, 9.17) is 4.74 Å². The Morgan fingerprint density at radius 3 is 2.75 bits per heavy atom. The lowest BCUT2D eigenvalue weighted by Gasteiger charge is -2.37. The van der Waals surface area contributed by atoms with Crippen molar-refractivity contribution in [2.75, 3.05) is 13.2 Å². The molecule has 90 valence electrons. The molecular formula is C13H21NO2. The first-order valence-corrected chi connectivity index (χ1v) is 5.71.